The van der Waals surface area contributed by atoms with Crippen molar-refractivity contribution in [3.63, 3.8) is 0 Å². The molecule has 0 aliphatic carbocycles. The van der Waals surface area contributed by atoms with E-state index in [1.54, 1.807) is 18.2 Å². The Balaban J connectivity index is 1.97. The van der Waals surface area contributed by atoms with Gasteiger partial charge in [0.05, 0.1) is 10.9 Å². The maximum absolute atomic E-state index is 11.0. The molecule has 0 spiro atoms. The van der Waals surface area contributed by atoms with Crippen molar-refractivity contribution in [1.82, 2.24) is 0 Å². The van der Waals surface area contributed by atoms with E-state index in [1.807, 2.05) is 30.3 Å². The summed E-state index contributed by atoms with van der Waals surface area (Å²) in [6.07, 6.45) is 1.30. The van der Waals surface area contributed by atoms with Gasteiger partial charge in [-0.05, 0) is 23.8 Å². The lowest BCUT2D eigenvalue weighted by Gasteiger charge is -2.07. The number of furan rings is 1. The van der Waals surface area contributed by atoms with E-state index < -0.39 is 0 Å². The lowest BCUT2D eigenvalue weighted by atomic mass is 10.1. The molecule has 1 heterocycles. The van der Waals surface area contributed by atoms with Crippen LogP contribution >= 0.6 is 0 Å². The minimum Gasteiger partial charge on any atom is -0.488 e. The Morgan fingerprint density at radius 2 is 1.81 bits per heavy atom. The first kappa shape index (κ1) is 13.1. The summed E-state index contributed by atoms with van der Waals surface area (Å²) in [7, 11) is 0. The highest BCUT2D eigenvalue weighted by molar-refractivity contribution is 5.99. The normalized spacial score (nSPS) is 10.5. The fourth-order valence-electron chi connectivity index (χ4n) is 2.15. The van der Waals surface area contributed by atoms with Crippen molar-refractivity contribution in [2.75, 3.05) is 0 Å². The zero-order valence-corrected chi connectivity index (χ0v) is 11.1. The highest BCUT2D eigenvalue weighted by atomic mass is 16.5. The number of ether oxygens (including phenoxy) is 1. The van der Waals surface area contributed by atoms with Gasteiger partial charge in [-0.15, -0.1) is 0 Å². The number of carbonyl (C=O) groups is 2. The molecule has 0 radical (unpaired) electrons. The largest absolute Gasteiger partial charge is 0.488 e. The van der Waals surface area contributed by atoms with Gasteiger partial charge in [-0.25, -0.2) is 0 Å². The van der Waals surface area contributed by atoms with Crippen LogP contribution in [0.4, 0.5) is 0 Å². The Hall–Kier alpha value is -2.88. The van der Waals surface area contributed by atoms with Gasteiger partial charge < -0.3 is 9.15 Å². The first-order valence-electron chi connectivity index (χ1n) is 6.45. The third-order valence-electron chi connectivity index (χ3n) is 3.17. The summed E-state index contributed by atoms with van der Waals surface area (Å²) in [6, 6.07) is 14.6. The molecule has 0 aliphatic heterocycles. The third-order valence-corrected chi connectivity index (χ3v) is 3.17. The van der Waals surface area contributed by atoms with Crippen molar-refractivity contribution in [2.24, 2.45) is 0 Å². The first-order valence-corrected chi connectivity index (χ1v) is 6.45. The number of aldehydes is 2. The average Bonchev–Trinajstić information content (AvgIpc) is 2.98. The number of hydrogen-bond acceptors (Lipinski definition) is 4. The SMILES string of the molecule is O=Cc1cc2c(OCc3ccccc3)ccc(C=O)c2o1. The molecule has 0 fully saturated rings. The van der Waals surface area contributed by atoms with Crippen molar-refractivity contribution >= 4 is 23.5 Å². The van der Waals surface area contributed by atoms with Gasteiger partial charge in [-0.1, -0.05) is 30.3 Å². The van der Waals surface area contributed by atoms with E-state index in [9.17, 15) is 9.59 Å². The maximum Gasteiger partial charge on any atom is 0.185 e. The lowest BCUT2D eigenvalue weighted by molar-refractivity contribution is 0.109. The predicted octanol–water partition coefficient (Wildman–Crippen LogP) is 3.64. The number of benzene rings is 2. The molecular formula is C17H12O4. The van der Waals surface area contributed by atoms with Gasteiger partial charge in [0.1, 0.15) is 17.9 Å². The molecule has 4 heteroatoms. The second-order valence-corrected chi connectivity index (χ2v) is 4.55. The molecule has 0 saturated heterocycles. The summed E-state index contributed by atoms with van der Waals surface area (Å²) in [5.41, 5.74) is 1.80. The molecule has 3 aromatic rings. The molecule has 0 atom stereocenters. The Morgan fingerprint density at radius 3 is 2.52 bits per heavy atom. The quantitative estimate of drug-likeness (QED) is 0.669. The van der Waals surface area contributed by atoms with Crippen molar-refractivity contribution in [2.45, 2.75) is 6.61 Å². The minimum absolute atomic E-state index is 0.170. The smallest absolute Gasteiger partial charge is 0.185 e. The van der Waals surface area contributed by atoms with Gasteiger partial charge in [0.25, 0.3) is 0 Å². The summed E-state index contributed by atoms with van der Waals surface area (Å²) in [5, 5.41) is 0.623. The standard InChI is InChI=1S/C17H12O4/c18-9-13-6-7-16(15-8-14(10-19)21-17(13)15)20-11-12-4-2-1-3-5-12/h1-10H,11H2. The van der Waals surface area contributed by atoms with Gasteiger partial charge in [0.15, 0.2) is 18.3 Å². The summed E-state index contributed by atoms with van der Waals surface area (Å²) in [5.74, 6) is 0.750. The Kier molecular flexibility index (Phi) is 3.51. The van der Waals surface area contributed by atoms with E-state index in [-0.39, 0.29) is 5.76 Å². The van der Waals surface area contributed by atoms with E-state index in [1.165, 1.54) is 0 Å². The molecular weight excluding hydrogens is 268 g/mol. The summed E-state index contributed by atoms with van der Waals surface area (Å²) >= 11 is 0. The number of carbonyl (C=O) groups excluding carboxylic acids is 2. The van der Waals surface area contributed by atoms with Crippen LogP contribution in [0.1, 0.15) is 26.5 Å². The molecule has 104 valence electrons. The lowest BCUT2D eigenvalue weighted by Crippen LogP contribution is -1.95. The number of hydrogen-bond donors (Lipinski definition) is 0. The van der Waals surface area contributed by atoms with E-state index in [0.29, 0.717) is 41.5 Å². The van der Waals surface area contributed by atoms with E-state index >= 15 is 0 Å². The monoisotopic (exact) mass is 280 g/mol. The van der Waals surface area contributed by atoms with Crippen molar-refractivity contribution < 1.29 is 18.7 Å². The zero-order valence-electron chi connectivity index (χ0n) is 11.1. The van der Waals surface area contributed by atoms with Crippen LogP contribution < -0.4 is 4.74 Å². The second-order valence-electron chi connectivity index (χ2n) is 4.55. The van der Waals surface area contributed by atoms with E-state index in [0.717, 1.165) is 5.56 Å². The van der Waals surface area contributed by atoms with Gasteiger partial charge in [-0.2, -0.15) is 0 Å². The Morgan fingerprint density at radius 1 is 1.00 bits per heavy atom. The molecule has 21 heavy (non-hydrogen) atoms. The second kappa shape index (κ2) is 5.63. The summed E-state index contributed by atoms with van der Waals surface area (Å²) < 4.78 is 11.1. The summed E-state index contributed by atoms with van der Waals surface area (Å²) in [4.78, 5) is 21.9. The van der Waals surface area contributed by atoms with Crippen LogP contribution in [-0.2, 0) is 6.61 Å². The average molecular weight is 280 g/mol. The summed E-state index contributed by atoms with van der Waals surface area (Å²) in [6.45, 7) is 0.401. The van der Waals surface area contributed by atoms with Crippen LogP contribution in [-0.4, -0.2) is 12.6 Å². The molecule has 0 aliphatic rings. The highest BCUT2D eigenvalue weighted by Gasteiger charge is 2.13. The van der Waals surface area contributed by atoms with E-state index in [4.69, 9.17) is 9.15 Å². The van der Waals surface area contributed by atoms with Crippen LogP contribution in [0.2, 0.25) is 0 Å². The first-order chi connectivity index (χ1) is 10.3. The number of rotatable bonds is 5. The minimum atomic E-state index is 0.170. The van der Waals surface area contributed by atoms with Gasteiger partial charge in [0.2, 0.25) is 0 Å². The van der Waals surface area contributed by atoms with Crippen LogP contribution in [0.5, 0.6) is 5.75 Å². The molecule has 0 amide bonds. The fraction of sp³-hybridized carbons (Fsp3) is 0.0588. The Bertz CT molecular complexity index is 787. The van der Waals surface area contributed by atoms with Gasteiger partial charge in [0, 0.05) is 0 Å². The van der Waals surface area contributed by atoms with Crippen LogP contribution in [0, 0.1) is 0 Å². The maximum atomic E-state index is 11.0. The van der Waals surface area contributed by atoms with Gasteiger partial charge in [-0.3, -0.25) is 9.59 Å². The topological polar surface area (TPSA) is 56.5 Å². The highest BCUT2D eigenvalue weighted by Crippen LogP contribution is 2.31. The van der Waals surface area contributed by atoms with Crippen molar-refractivity contribution in [1.29, 1.82) is 0 Å². The zero-order chi connectivity index (χ0) is 14.7. The van der Waals surface area contributed by atoms with E-state index in [2.05, 4.69) is 0 Å². The Labute approximate surface area is 120 Å². The molecule has 2 aromatic carbocycles. The van der Waals surface area contributed by atoms with Crippen molar-refractivity contribution in [3.8, 4) is 5.75 Å². The fourth-order valence-corrected chi connectivity index (χ4v) is 2.15. The molecule has 0 unspecified atom stereocenters. The van der Waals surface area contributed by atoms with Gasteiger partial charge >= 0.3 is 0 Å². The molecule has 0 N–H and O–H groups in total. The molecule has 1 aromatic heterocycles. The number of fused-ring (bicyclic) bond motifs is 1. The molecule has 3 rings (SSSR count). The molecule has 0 bridgehead atoms. The van der Waals surface area contributed by atoms with Crippen LogP contribution in [0.3, 0.4) is 0 Å². The molecule has 0 saturated carbocycles. The van der Waals surface area contributed by atoms with Crippen LogP contribution in [0.25, 0.3) is 11.0 Å². The molecule has 4 nitrogen and oxygen atoms in total. The van der Waals surface area contributed by atoms with Crippen LogP contribution in [0.15, 0.2) is 52.9 Å². The third kappa shape index (κ3) is 2.56. The van der Waals surface area contributed by atoms with Crippen molar-refractivity contribution in [3.05, 3.63) is 65.4 Å². The predicted molar refractivity (Wildman–Crippen MR) is 77.8 cm³/mol.